The molecule has 4 nitrogen and oxygen atoms in total. The molecule has 0 spiro atoms. The summed E-state index contributed by atoms with van der Waals surface area (Å²) >= 11 is 7.11. The van der Waals surface area contributed by atoms with Crippen molar-refractivity contribution in [2.45, 2.75) is 13.8 Å². The van der Waals surface area contributed by atoms with Crippen molar-refractivity contribution in [1.82, 2.24) is 4.98 Å². The van der Waals surface area contributed by atoms with Crippen LogP contribution in [0.5, 0.6) is 0 Å². The highest BCUT2D eigenvalue weighted by atomic mass is 35.5. The third-order valence-corrected chi connectivity index (χ3v) is 2.94. The molecule has 6 heteroatoms. The monoisotopic (exact) mass is 233 g/mol. The second kappa shape index (κ2) is 4.61. The second-order valence-corrected chi connectivity index (χ2v) is 4.39. The van der Waals surface area contributed by atoms with Gasteiger partial charge in [0.2, 0.25) is 5.91 Å². The normalized spacial score (nSPS) is 10.4. The molecule has 1 aromatic heterocycles. The molecule has 0 radical (unpaired) electrons. The summed E-state index contributed by atoms with van der Waals surface area (Å²) in [6.45, 7) is 3.65. The molecule has 78 valence electrons. The zero-order chi connectivity index (χ0) is 10.7. The molecule has 2 N–H and O–H groups in total. The van der Waals surface area contributed by atoms with Crippen LogP contribution in [0, 0.1) is 5.92 Å². The van der Waals surface area contributed by atoms with E-state index in [1.165, 1.54) is 11.3 Å². The van der Waals surface area contributed by atoms with E-state index in [9.17, 15) is 4.79 Å². The maximum absolute atomic E-state index is 11.3. The van der Waals surface area contributed by atoms with E-state index in [0.29, 0.717) is 10.3 Å². The van der Waals surface area contributed by atoms with Gasteiger partial charge in [-0.2, -0.15) is 0 Å². The lowest BCUT2D eigenvalue weighted by atomic mass is 10.2. The standard InChI is InChI=1S/C8H12ClN3OS/c1-4(2)6(13)12-8-11-5(9)7(10-3)14-8/h4,10H,1-3H3,(H,11,12,13). The van der Waals surface area contributed by atoms with Crippen molar-refractivity contribution < 1.29 is 4.79 Å². The van der Waals surface area contributed by atoms with E-state index in [4.69, 9.17) is 11.6 Å². The Hall–Kier alpha value is -0.810. The van der Waals surface area contributed by atoms with E-state index < -0.39 is 0 Å². The molecule has 1 heterocycles. The lowest BCUT2D eigenvalue weighted by Gasteiger charge is -2.02. The highest BCUT2D eigenvalue weighted by molar-refractivity contribution is 7.20. The van der Waals surface area contributed by atoms with E-state index in [1.807, 2.05) is 13.8 Å². The second-order valence-electron chi connectivity index (χ2n) is 3.03. The number of amides is 1. The molecule has 0 aliphatic heterocycles. The molecule has 0 saturated carbocycles. The Balaban J connectivity index is 2.73. The summed E-state index contributed by atoms with van der Waals surface area (Å²) in [5, 5.41) is 7.24. The summed E-state index contributed by atoms with van der Waals surface area (Å²) in [5.41, 5.74) is 0. The molecule has 0 saturated heterocycles. The number of nitrogens with one attached hydrogen (secondary N) is 2. The number of hydrogen-bond acceptors (Lipinski definition) is 4. The fourth-order valence-corrected chi connectivity index (χ4v) is 1.82. The van der Waals surface area contributed by atoms with Gasteiger partial charge >= 0.3 is 0 Å². The van der Waals surface area contributed by atoms with E-state index in [-0.39, 0.29) is 11.8 Å². The Bertz CT molecular complexity index is 337. The van der Waals surface area contributed by atoms with Crippen molar-refractivity contribution in [3.63, 3.8) is 0 Å². The quantitative estimate of drug-likeness (QED) is 0.843. The lowest BCUT2D eigenvalue weighted by molar-refractivity contribution is -0.118. The van der Waals surface area contributed by atoms with Crippen LogP contribution in [0.1, 0.15) is 13.8 Å². The van der Waals surface area contributed by atoms with Crippen LogP contribution in [-0.4, -0.2) is 17.9 Å². The van der Waals surface area contributed by atoms with Gasteiger partial charge in [0.15, 0.2) is 10.3 Å². The summed E-state index contributed by atoms with van der Waals surface area (Å²) < 4.78 is 0. The van der Waals surface area contributed by atoms with Gasteiger partial charge in [0.05, 0.1) is 0 Å². The Morgan fingerprint density at radius 2 is 2.21 bits per heavy atom. The first-order valence-corrected chi connectivity index (χ1v) is 5.39. The van der Waals surface area contributed by atoms with Crippen LogP contribution in [0.25, 0.3) is 0 Å². The molecule has 0 aromatic carbocycles. The Morgan fingerprint density at radius 3 is 2.64 bits per heavy atom. The molecular weight excluding hydrogens is 222 g/mol. The molecule has 0 fully saturated rings. The van der Waals surface area contributed by atoms with Gasteiger partial charge in [-0.1, -0.05) is 36.8 Å². The highest BCUT2D eigenvalue weighted by Gasteiger charge is 2.12. The number of carbonyl (C=O) groups is 1. The largest absolute Gasteiger partial charge is 0.377 e. The maximum Gasteiger partial charge on any atom is 0.228 e. The average molecular weight is 234 g/mol. The number of halogens is 1. The van der Waals surface area contributed by atoms with Gasteiger partial charge in [-0.3, -0.25) is 4.79 Å². The number of thiazole rings is 1. The van der Waals surface area contributed by atoms with Crippen LogP contribution in [0.3, 0.4) is 0 Å². The summed E-state index contributed by atoms with van der Waals surface area (Å²) in [6.07, 6.45) is 0. The fourth-order valence-electron chi connectivity index (χ4n) is 0.759. The van der Waals surface area contributed by atoms with Gasteiger partial charge in [0.25, 0.3) is 0 Å². The maximum atomic E-state index is 11.3. The van der Waals surface area contributed by atoms with Crippen LogP contribution in [0.4, 0.5) is 10.1 Å². The predicted octanol–water partition coefficient (Wildman–Crippen LogP) is 2.43. The van der Waals surface area contributed by atoms with Crippen molar-refractivity contribution in [3.8, 4) is 0 Å². The van der Waals surface area contributed by atoms with Crippen molar-refractivity contribution in [3.05, 3.63) is 5.15 Å². The smallest absolute Gasteiger partial charge is 0.228 e. The molecule has 1 rings (SSSR count). The van der Waals surface area contributed by atoms with E-state index in [0.717, 1.165) is 5.00 Å². The van der Waals surface area contributed by atoms with Crippen molar-refractivity contribution in [2.75, 3.05) is 17.7 Å². The average Bonchev–Trinajstić information content (AvgIpc) is 2.45. The summed E-state index contributed by atoms with van der Waals surface area (Å²) in [7, 11) is 1.76. The number of hydrogen-bond donors (Lipinski definition) is 2. The number of anilines is 2. The van der Waals surface area contributed by atoms with Crippen LogP contribution in [-0.2, 0) is 4.79 Å². The summed E-state index contributed by atoms with van der Waals surface area (Å²) in [5.74, 6) is -0.117. The first kappa shape index (κ1) is 11.3. The van der Waals surface area contributed by atoms with E-state index in [1.54, 1.807) is 7.05 Å². The van der Waals surface area contributed by atoms with Gasteiger partial charge in [-0.15, -0.1) is 0 Å². The zero-order valence-corrected chi connectivity index (χ0v) is 9.79. The molecule has 0 atom stereocenters. The first-order chi connectivity index (χ1) is 6.54. The summed E-state index contributed by atoms with van der Waals surface area (Å²) in [4.78, 5) is 15.3. The topological polar surface area (TPSA) is 54.0 Å². The predicted molar refractivity (Wildman–Crippen MR) is 60.1 cm³/mol. The third-order valence-electron chi connectivity index (χ3n) is 1.57. The number of aromatic nitrogens is 1. The number of carbonyl (C=O) groups excluding carboxylic acids is 1. The SMILES string of the molecule is CNc1sc(NC(=O)C(C)C)nc1Cl. The summed E-state index contributed by atoms with van der Waals surface area (Å²) in [6, 6.07) is 0. The molecular formula is C8H12ClN3OS. The van der Waals surface area contributed by atoms with Gasteiger partial charge in [0.1, 0.15) is 5.00 Å². The van der Waals surface area contributed by atoms with Gasteiger partial charge in [0, 0.05) is 13.0 Å². The van der Waals surface area contributed by atoms with E-state index in [2.05, 4.69) is 15.6 Å². The zero-order valence-electron chi connectivity index (χ0n) is 8.22. The molecule has 1 aromatic rings. The highest BCUT2D eigenvalue weighted by Crippen LogP contribution is 2.31. The minimum absolute atomic E-state index is 0.0573. The fraction of sp³-hybridized carbons (Fsp3) is 0.500. The van der Waals surface area contributed by atoms with Crippen molar-refractivity contribution in [2.24, 2.45) is 5.92 Å². The van der Waals surface area contributed by atoms with Gasteiger partial charge in [-0.25, -0.2) is 4.98 Å². The number of rotatable bonds is 3. The Morgan fingerprint density at radius 1 is 1.57 bits per heavy atom. The molecule has 14 heavy (non-hydrogen) atoms. The molecule has 0 bridgehead atoms. The minimum atomic E-state index is -0.0595. The van der Waals surface area contributed by atoms with Crippen molar-refractivity contribution >= 4 is 39.0 Å². The van der Waals surface area contributed by atoms with E-state index >= 15 is 0 Å². The Labute approximate surface area is 91.7 Å². The Kier molecular flexibility index (Phi) is 3.71. The third kappa shape index (κ3) is 2.59. The van der Waals surface area contributed by atoms with Gasteiger partial charge < -0.3 is 10.6 Å². The van der Waals surface area contributed by atoms with Crippen molar-refractivity contribution in [1.29, 1.82) is 0 Å². The first-order valence-electron chi connectivity index (χ1n) is 4.19. The van der Waals surface area contributed by atoms with Crippen LogP contribution in [0.15, 0.2) is 0 Å². The molecule has 0 aliphatic carbocycles. The number of nitrogens with zero attached hydrogens (tertiary/aromatic N) is 1. The molecule has 1 amide bonds. The van der Waals surface area contributed by atoms with Crippen LogP contribution < -0.4 is 10.6 Å². The van der Waals surface area contributed by atoms with Gasteiger partial charge in [-0.05, 0) is 0 Å². The molecule has 0 aliphatic rings. The molecule has 0 unspecified atom stereocenters. The van der Waals surface area contributed by atoms with Crippen LogP contribution in [0.2, 0.25) is 5.15 Å². The minimum Gasteiger partial charge on any atom is -0.377 e. The lowest BCUT2D eigenvalue weighted by Crippen LogP contribution is -2.17. The van der Waals surface area contributed by atoms with Crippen LogP contribution >= 0.6 is 22.9 Å².